The van der Waals surface area contributed by atoms with Crippen molar-refractivity contribution in [3.8, 4) is 0 Å². The average molecular weight is 1610 g/mol. The third-order valence-corrected chi connectivity index (χ3v) is 18.6. The first kappa shape index (κ1) is 106. The monoisotopic (exact) mass is 1610 g/mol. The maximum absolute atomic E-state index is 12.1. The van der Waals surface area contributed by atoms with Gasteiger partial charge < -0.3 is 91.6 Å². The van der Waals surface area contributed by atoms with Crippen molar-refractivity contribution in [2.75, 3.05) is 132 Å². The highest BCUT2D eigenvalue weighted by molar-refractivity contribution is 5.86. The van der Waals surface area contributed by atoms with Crippen molar-refractivity contribution in [3.63, 3.8) is 0 Å². The predicted molar refractivity (Wildman–Crippen MR) is 439 cm³/mol. The Labute approximate surface area is 678 Å². The molecule has 0 radical (unpaired) electrons. The zero-order chi connectivity index (χ0) is 84.1. The number of ether oxygens (including phenoxy) is 14. The number of carbonyl (C=O) groups is 6. The number of carbonyl (C=O) groups excluding carboxylic acids is 6. The minimum Gasteiger partial charge on any atom is -0.422 e. The maximum atomic E-state index is 12.1. The van der Waals surface area contributed by atoms with Crippen molar-refractivity contribution in [2.24, 2.45) is 0 Å². The normalized spacial score (nSPS) is 20.0. The summed E-state index contributed by atoms with van der Waals surface area (Å²) < 4.78 is 75.6. The van der Waals surface area contributed by atoms with Gasteiger partial charge in [-0.15, -0.1) is 0 Å². The molecule has 6 saturated heterocycles. The highest BCUT2D eigenvalue weighted by atomic mass is 16.7. The lowest BCUT2D eigenvalue weighted by molar-refractivity contribution is -0.135. The van der Waals surface area contributed by atoms with Crippen LogP contribution >= 0.6 is 0 Å². The van der Waals surface area contributed by atoms with E-state index in [0.717, 1.165) is 130 Å². The molecule has 6 fully saturated rings. The largest absolute Gasteiger partial charge is 0.422 e. The summed E-state index contributed by atoms with van der Waals surface area (Å²) >= 11 is 0. The smallest absolute Gasteiger partial charge is 0.412 e. The predicted octanol–water partition coefficient (Wildman–Crippen LogP) is 12.8. The number of amides is 6. The number of hydrogen-bond donors (Lipinski definition) is 2. The van der Waals surface area contributed by atoms with Crippen LogP contribution in [0.25, 0.3) is 0 Å². The van der Waals surface area contributed by atoms with Crippen LogP contribution < -0.4 is 10.6 Å². The molecule has 6 atom stereocenters. The summed E-state index contributed by atoms with van der Waals surface area (Å²) in [5.41, 5.74) is 0. The van der Waals surface area contributed by atoms with Gasteiger partial charge in [-0.2, -0.15) is 0 Å². The molecule has 6 aliphatic heterocycles. The highest BCUT2D eigenvalue weighted by Gasteiger charge is 2.37. The van der Waals surface area contributed by atoms with Gasteiger partial charge in [0, 0.05) is 58.5 Å². The Morgan fingerprint density at radius 3 is 0.982 bits per heavy atom. The van der Waals surface area contributed by atoms with Gasteiger partial charge in [0.1, 0.15) is 19.5 Å². The molecule has 28 heteroatoms. The van der Waals surface area contributed by atoms with E-state index in [2.05, 4.69) is 48.1 Å². The van der Waals surface area contributed by atoms with Gasteiger partial charge in [-0.25, -0.2) is 9.59 Å². The minimum absolute atomic E-state index is 0.00446. The molecule has 0 aliphatic carbocycles. The van der Waals surface area contributed by atoms with E-state index >= 15 is 0 Å². The van der Waals surface area contributed by atoms with Gasteiger partial charge in [0.2, 0.25) is 23.6 Å². The van der Waals surface area contributed by atoms with Crippen molar-refractivity contribution in [3.05, 3.63) is 0 Å². The van der Waals surface area contributed by atoms with Crippen molar-refractivity contribution in [1.29, 1.82) is 0 Å². The number of likely N-dealkylation sites (tertiary alicyclic amines) is 6. The van der Waals surface area contributed by atoms with Crippen LogP contribution in [0.1, 0.15) is 269 Å². The standard InChI is InChI=1S/C15H30N2O3.C14H26N2O5.2C14H27NO3.C14H29NO2.C13H25NO4/c1-12(2)19-10-6-9-17-8-5-7-14(17)15(18)16-11-20-13(3)4;1-10(2)19-8-15-13(17)12-6-5-7-16(12)14(18)21-9-20-11(3)4;2*1-11(2)17-9-7-14(16)15-8-5-6-13(15)10-18-12(3)4;1-12(2)16-10-6-9-15-8-5-7-14(15)11-17-13(3)4;1-10(2)16-8-12-6-5-7-14(12)13(15)18-9-17-11(3)4/h12-14H,5-11H2,1-4H3,(H,16,18);10-12H,5-9H2,1-4H3,(H,15,17);2*11-13H,5-10H2,1-4H3;12-14H,5-11H2,1-4H3;10-12H,5-9H2,1-4H3. The first-order chi connectivity index (χ1) is 53.0. The number of nitrogens with zero attached hydrogens (tertiary/aromatic N) is 6. The molecule has 2 N–H and O–H groups in total. The molecule has 0 bridgehead atoms. The fraction of sp³-hybridized carbons (Fsp3) is 0.929. The second-order valence-corrected chi connectivity index (χ2v) is 32.8. The molecule has 0 aromatic rings. The number of hydrogen-bond acceptors (Lipinski definition) is 22. The van der Waals surface area contributed by atoms with Crippen LogP contribution in [0, 0.1) is 0 Å². The van der Waals surface area contributed by atoms with Gasteiger partial charge in [-0.1, -0.05) is 0 Å². The third-order valence-electron chi connectivity index (χ3n) is 18.6. The van der Waals surface area contributed by atoms with Crippen LogP contribution in [0.3, 0.4) is 0 Å². The molecule has 6 heterocycles. The Morgan fingerprint density at radius 1 is 0.295 bits per heavy atom. The molecule has 28 nitrogen and oxygen atoms in total. The fourth-order valence-corrected chi connectivity index (χ4v) is 12.8. The summed E-state index contributed by atoms with van der Waals surface area (Å²) in [6, 6.07) is 0.811. The van der Waals surface area contributed by atoms with Gasteiger partial charge in [-0.05, 0) is 269 Å². The topological polar surface area (TPSA) is 275 Å². The zero-order valence-corrected chi connectivity index (χ0v) is 74.7. The van der Waals surface area contributed by atoms with Crippen molar-refractivity contribution >= 4 is 35.8 Å². The van der Waals surface area contributed by atoms with Gasteiger partial charge in [0.25, 0.3) is 0 Å². The molecule has 112 heavy (non-hydrogen) atoms. The molecular formula is C84H164N8O20. The summed E-state index contributed by atoms with van der Waals surface area (Å²) in [5.74, 6) is 0.277. The molecule has 6 amide bonds. The summed E-state index contributed by atoms with van der Waals surface area (Å²) in [7, 11) is 0. The second-order valence-electron chi connectivity index (χ2n) is 32.8. The second kappa shape index (κ2) is 63.0. The van der Waals surface area contributed by atoms with Crippen LogP contribution in [0.2, 0.25) is 0 Å². The molecule has 6 rings (SSSR count). The lowest BCUT2D eigenvalue weighted by Gasteiger charge is -2.25. The molecular weight excluding hydrogens is 1440 g/mol. The third kappa shape index (κ3) is 51.8. The summed E-state index contributed by atoms with van der Waals surface area (Å²) in [5, 5.41) is 5.53. The first-order valence-electron chi connectivity index (χ1n) is 42.9. The summed E-state index contributed by atoms with van der Waals surface area (Å²) in [6.45, 7) is 60.9. The summed E-state index contributed by atoms with van der Waals surface area (Å²) in [4.78, 5) is 84.0. The average Bonchev–Trinajstić information content (AvgIpc) is 1.74. The van der Waals surface area contributed by atoms with E-state index in [1.165, 1.54) is 24.3 Å². The number of nitrogens with one attached hydrogen (secondary N) is 2. The van der Waals surface area contributed by atoms with Gasteiger partial charge in [0.15, 0.2) is 13.6 Å². The molecule has 6 unspecified atom stereocenters. The molecule has 0 aromatic heterocycles. The Kier molecular flexibility index (Phi) is 59.6. The van der Waals surface area contributed by atoms with Gasteiger partial charge in [-0.3, -0.25) is 33.9 Å². The SMILES string of the molecule is CC(C)OCCC(=O)N1CCCC1COC(C)C.CC(C)OCCC(=O)N1CCCC1COC(C)C.CC(C)OCCCN1CCCC1C(=O)NCOC(C)C.CC(C)OCCCN1CCCC1COC(C)C.CC(C)OCNC(=O)C1CCCN1C(=O)OCOC(C)C.CC(C)OCOC(=O)N1CCCC1COC(C)C. The molecule has 6 aliphatic rings. The summed E-state index contributed by atoms with van der Waals surface area (Å²) in [6.07, 6.45) is 16.8. The van der Waals surface area contributed by atoms with E-state index in [1.807, 2.05) is 148 Å². The number of rotatable bonds is 44. The Bertz CT molecular complexity index is 2250. The van der Waals surface area contributed by atoms with E-state index in [9.17, 15) is 28.8 Å². The van der Waals surface area contributed by atoms with Crippen molar-refractivity contribution in [2.45, 2.75) is 378 Å². The van der Waals surface area contributed by atoms with Crippen LogP contribution in [0.4, 0.5) is 9.59 Å². The lowest BCUT2D eigenvalue weighted by atomic mass is 10.2. The lowest BCUT2D eigenvalue weighted by Crippen LogP contribution is -2.47. The molecule has 660 valence electrons. The van der Waals surface area contributed by atoms with Crippen LogP contribution in [-0.2, 0) is 85.5 Å². The Morgan fingerprint density at radius 2 is 0.580 bits per heavy atom. The minimum atomic E-state index is -0.516. The fourth-order valence-electron chi connectivity index (χ4n) is 12.8. The van der Waals surface area contributed by atoms with Crippen LogP contribution in [-0.4, -0.2) is 307 Å². The van der Waals surface area contributed by atoms with E-state index in [4.69, 9.17) is 66.3 Å². The Balaban J connectivity index is 0.000000673. The van der Waals surface area contributed by atoms with Gasteiger partial charge in [0.05, 0.1) is 150 Å². The van der Waals surface area contributed by atoms with E-state index in [0.29, 0.717) is 83.8 Å². The zero-order valence-electron chi connectivity index (χ0n) is 74.7. The van der Waals surface area contributed by atoms with Crippen LogP contribution in [0.5, 0.6) is 0 Å². The van der Waals surface area contributed by atoms with E-state index in [1.54, 1.807) is 4.90 Å². The van der Waals surface area contributed by atoms with Crippen molar-refractivity contribution < 1.29 is 95.1 Å². The van der Waals surface area contributed by atoms with E-state index in [-0.39, 0.29) is 135 Å². The molecule has 0 saturated carbocycles. The Hall–Kier alpha value is -4.14. The molecule has 0 spiro atoms. The van der Waals surface area contributed by atoms with Gasteiger partial charge >= 0.3 is 12.2 Å². The van der Waals surface area contributed by atoms with Crippen LogP contribution in [0.15, 0.2) is 0 Å². The first-order valence-corrected chi connectivity index (χ1v) is 42.9. The van der Waals surface area contributed by atoms with E-state index < -0.39 is 12.1 Å². The molecule has 0 aromatic carbocycles. The quantitative estimate of drug-likeness (QED) is 0.0424. The van der Waals surface area contributed by atoms with Crippen molar-refractivity contribution in [1.82, 2.24) is 40.0 Å². The maximum Gasteiger partial charge on any atom is 0.412 e. The highest BCUT2D eigenvalue weighted by Crippen LogP contribution is 2.24.